The highest BCUT2D eigenvalue weighted by Crippen LogP contribution is 2.22. The van der Waals surface area contributed by atoms with Crippen molar-refractivity contribution in [3.8, 4) is 0 Å². The van der Waals surface area contributed by atoms with Gasteiger partial charge in [0.05, 0.1) is 5.92 Å². The molecule has 0 aliphatic carbocycles. The lowest BCUT2D eigenvalue weighted by Gasteiger charge is -2.23. The van der Waals surface area contributed by atoms with Crippen molar-refractivity contribution >= 4 is 11.9 Å². The first-order valence-electron chi connectivity index (χ1n) is 11.8. The zero-order valence-electron chi connectivity index (χ0n) is 20.5. The Morgan fingerprint density at radius 2 is 1.23 bits per heavy atom. The first kappa shape index (κ1) is 28.9. The van der Waals surface area contributed by atoms with Crippen molar-refractivity contribution in [2.45, 2.75) is 137 Å². The third-order valence-corrected chi connectivity index (χ3v) is 5.09. The van der Waals surface area contributed by atoms with Crippen LogP contribution in [0, 0.1) is 5.92 Å². The van der Waals surface area contributed by atoms with Crippen molar-refractivity contribution in [3.05, 3.63) is 0 Å². The summed E-state index contributed by atoms with van der Waals surface area (Å²) in [6, 6.07) is 0. The summed E-state index contributed by atoms with van der Waals surface area (Å²) < 4.78 is 0. The predicted molar refractivity (Wildman–Crippen MR) is 118 cm³/mol. The highest BCUT2D eigenvalue weighted by Gasteiger charge is 2.25. The molecule has 0 aromatic carbocycles. The minimum absolute atomic E-state index is 0.160. The third-order valence-electron chi connectivity index (χ3n) is 5.09. The Morgan fingerprint density at radius 3 is 1.77 bits per heavy atom. The SMILES string of the molecule is CCCCC(CCCCCC(=O)OOC(C)(C)CCC)C(=O)OOC(C)(C)CCC. The molecule has 30 heavy (non-hydrogen) atoms. The minimum Gasteiger partial charge on any atom is -0.298 e. The Morgan fingerprint density at radius 1 is 0.700 bits per heavy atom. The van der Waals surface area contributed by atoms with E-state index in [0.29, 0.717) is 12.8 Å². The summed E-state index contributed by atoms with van der Waals surface area (Å²) in [5, 5.41) is 0. The molecule has 0 saturated carbocycles. The summed E-state index contributed by atoms with van der Waals surface area (Å²) in [6.45, 7) is 13.9. The van der Waals surface area contributed by atoms with E-state index in [9.17, 15) is 9.59 Å². The van der Waals surface area contributed by atoms with Crippen LogP contribution in [0.15, 0.2) is 0 Å². The second kappa shape index (κ2) is 15.6. The number of hydrogen-bond acceptors (Lipinski definition) is 6. The van der Waals surface area contributed by atoms with Crippen LogP contribution in [0.25, 0.3) is 0 Å². The topological polar surface area (TPSA) is 71.1 Å². The van der Waals surface area contributed by atoms with E-state index in [1.807, 2.05) is 27.7 Å². The van der Waals surface area contributed by atoms with Crippen LogP contribution in [-0.2, 0) is 29.1 Å². The molecule has 0 aliphatic heterocycles. The van der Waals surface area contributed by atoms with Gasteiger partial charge in [-0.1, -0.05) is 59.3 Å². The molecule has 0 fully saturated rings. The summed E-state index contributed by atoms with van der Waals surface area (Å²) in [5.41, 5.74) is -0.918. The average molecular weight is 431 g/mol. The molecule has 0 bridgehead atoms. The van der Waals surface area contributed by atoms with E-state index in [-0.39, 0.29) is 17.9 Å². The number of unbranched alkanes of at least 4 members (excludes halogenated alkanes) is 3. The van der Waals surface area contributed by atoms with Crippen molar-refractivity contribution in [3.63, 3.8) is 0 Å². The summed E-state index contributed by atoms with van der Waals surface area (Å²) >= 11 is 0. The van der Waals surface area contributed by atoms with Crippen LogP contribution < -0.4 is 0 Å². The van der Waals surface area contributed by atoms with E-state index in [1.54, 1.807) is 0 Å². The fraction of sp³-hybridized carbons (Fsp3) is 0.917. The van der Waals surface area contributed by atoms with E-state index in [4.69, 9.17) is 19.6 Å². The number of rotatable bonds is 18. The Bertz CT molecular complexity index is 472. The molecule has 1 unspecified atom stereocenters. The molecule has 6 heteroatoms. The fourth-order valence-electron chi connectivity index (χ4n) is 3.38. The third kappa shape index (κ3) is 14.8. The normalized spacial score (nSPS) is 13.2. The highest BCUT2D eigenvalue weighted by atomic mass is 17.2. The molecule has 0 aromatic heterocycles. The summed E-state index contributed by atoms with van der Waals surface area (Å²) in [5.74, 6) is -0.779. The minimum atomic E-state index is -0.464. The van der Waals surface area contributed by atoms with Gasteiger partial charge >= 0.3 is 11.9 Å². The van der Waals surface area contributed by atoms with Crippen molar-refractivity contribution in [1.82, 2.24) is 0 Å². The molecule has 0 aromatic rings. The zero-order chi connectivity index (χ0) is 23.0. The van der Waals surface area contributed by atoms with E-state index in [0.717, 1.165) is 64.2 Å². The lowest BCUT2D eigenvalue weighted by atomic mass is 9.95. The van der Waals surface area contributed by atoms with Gasteiger partial charge in [-0.25, -0.2) is 9.59 Å². The smallest absolute Gasteiger partial charge is 0.298 e. The van der Waals surface area contributed by atoms with Crippen LogP contribution in [0.2, 0.25) is 0 Å². The lowest BCUT2D eigenvalue weighted by Crippen LogP contribution is -2.28. The molecule has 6 nitrogen and oxygen atoms in total. The first-order chi connectivity index (χ1) is 14.1. The van der Waals surface area contributed by atoms with Gasteiger partial charge in [0, 0.05) is 6.42 Å². The van der Waals surface area contributed by atoms with Crippen LogP contribution >= 0.6 is 0 Å². The van der Waals surface area contributed by atoms with E-state index in [2.05, 4.69) is 20.8 Å². The number of hydrogen-bond donors (Lipinski definition) is 0. The molecular formula is C24H46O6. The lowest BCUT2D eigenvalue weighted by molar-refractivity contribution is -0.329. The second-order valence-corrected chi connectivity index (χ2v) is 9.48. The number of carbonyl (C=O) groups excluding carboxylic acids is 2. The molecule has 0 amide bonds. The summed E-state index contributed by atoms with van der Waals surface area (Å²) in [4.78, 5) is 45.1. The maximum atomic E-state index is 12.5. The fourth-order valence-corrected chi connectivity index (χ4v) is 3.38. The van der Waals surface area contributed by atoms with Crippen LogP contribution in [0.4, 0.5) is 0 Å². The molecule has 0 radical (unpaired) electrons. The van der Waals surface area contributed by atoms with Gasteiger partial charge in [0.15, 0.2) is 0 Å². The highest BCUT2D eigenvalue weighted by molar-refractivity contribution is 5.71. The maximum Gasteiger partial charge on any atom is 0.345 e. The molecule has 0 N–H and O–H groups in total. The molecule has 178 valence electrons. The van der Waals surface area contributed by atoms with E-state index < -0.39 is 11.2 Å². The largest absolute Gasteiger partial charge is 0.345 e. The average Bonchev–Trinajstić information content (AvgIpc) is 2.66. The second-order valence-electron chi connectivity index (χ2n) is 9.48. The molecule has 1 atom stereocenters. The van der Waals surface area contributed by atoms with Gasteiger partial charge < -0.3 is 0 Å². The molecular weight excluding hydrogens is 384 g/mol. The standard InChI is InChI=1S/C24H46O6/c1-8-11-15-20(22(26)28-30-24(6,7)19-10-3)16-13-12-14-17-21(25)27-29-23(4,5)18-9-2/h20H,8-19H2,1-7H3. The molecule has 0 spiro atoms. The molecule has 0 heterocycles. The Labute approximate surface area is 184 Å². The predicted octanol–water partition coefficient (Wildman–Crippen LogP) is 6.85. The quantitative estimate of drug-likeness (QED) is 0.134. The van der Waals surface area contributed by atoms with Gasteiger partial charge in [-0.3, -0.25) is 9.78 Å². The molecule has 0 saturated heterocycles. The van der Waals surface area contributed by atoms with Gasteiger partial charge in [0.1, 0.15) is 11.2 Å². The Balaban J connectivity index is 4.22. The van der Waals surface area contributed by atoms with Gasteiger partial charge in [-0.15, -0.1) is 0 Å². The maximum absolute atomic E-state index is 12.5. The van der Waals surface area contributed by atoms with Crippen molar-refractivity contribution in [2.24, 2.45) is 5.92 Å². The first-order valence-corrected chi connectivity index (χ1v) is 11.8. The van der Waals surface area contributed by atoms with E-state index in [1.165, 1.54) is 0 Å². The van der Waals surface area contributed by atoms with Crippen LogP contribution in [0.3, 0.4) is 0 Å². The van der Waals surface area contributed by atoms with Gasteiger partial charge in [0.25, 0.3) is 0 Å². The van der Waals surface area contributed by atoms with Gasteiger partial charge in [-0.2, -0.15) is 9.78 Å². The van der Waals surface area contributed by atoms with Gasteiger partial charge in [-0.05, 0) is 59.8 Å². The van der Waals surface area contributed by atoms with Crippen LogP contribution in [0.5, 0.6) is 0 Å². The van der Waals surface area contributed by atoms with Crippen molar-refractivity contribution in [2.75, 3.05) is 0 Å². The Hall–Kier alpha value is -1.14. The molecule has 0 rings (SSSR count). The Kier molecular flexibility index (Phi) is 15.0. The monoisotopic (exact) mass is 430 g/mol. The van der Waals surface area contributed by atoms with Crippen molar-refractivity contribution in [1.29, 1.82) is 0 Å². The molecule has 0 aliphatic rings. The van der Waals surface area contributed by atoms with Crippen LogP contribution in [0.1, 0.15) is 126 Å². The van der Waals surface area contributed by atoms with Crippen LogP contribution in [-0.4, -0.2) is 23.1 Å². The van der Waals surface area contributed by atoms with Gasteiger partial charge in [0.2, 0.25) is 0 Å². The number of carbonyl (C=O) groups is 2. The summed E-state index contributed by atoms with van der Waals surface area (Å²) in [6.07, 6.45) is 9.89. The van der Waals surface area contributed by atoms with E-state index >= 15 is 0 Å². The van der Waals surface area contributed by atoms with Crippen molar-refractivity contribution < 1.29 is 29.1 Å². The summed E-state index contributed by atoms with van der Waals surface area (Å²) in [7, 11) is 0. The zero-order valence-corrected chi connectivity index (χ0v) is 20.5.